The van der Waals surface area contributed by atoms with Crippen LogP contribution in [0.3, 0.4) is 0 Å². The number of aliphatic imine (C=N–C) groups is 3. The van der Waals surface area contributed by atoms with Gasteiger partial charge in [0, 0.05) is 50.3 Å². The minimum absolute atomic E-state index is 0. The van der Waals surface area contributed by atoms with E-state index in [4.69, 9.17) is 60.4 Å². The van der Waals surface area contributed by atoms with Crippen molar-refractivity contribution in [3.63, 3.8) is 0 Å². The van der Waals surface area contributed by atoms with Gasteiger partial charge in [-0.05, 0) is 70.9 Å². The summed E-state index contributed by atoms with van der Waals surface area (Å²) in [6, 6.07) is 20.4. The second kappa shape index (κ2) is 56.3. The van der Waals surface area contributed by atoms with Crippen molar-refractivity contribution < 1.29 is 139 Å². The fourth-order valence-electron chi connectivity index (χ4n) is 9.46. The predicted molar refractivity (Wildman–Crippen MR) is 448 cm³/mol. The molecule has 3 aromatic heterocycles. The quantitative estimate of drug-likeness (QED) is 0.0330. The Kier molecular flexibility index (Phi) is 48.2. The third kappa shape index (κ3) is 48.8. The molecule has 20 N–H and O–H groups in total. The van der Waals surface area contributed by atoms with E-state index in [-0.39, 0.29) is 114 Å². The number of amides is 5. The Morgan fingerprint density at radius 3 is 1.23 bits per heavy atom. The van der Waals surface area contributed by atoms with Crippen molar-refractivity contribution in [2.75, 3.05) is 94.7 Å². The molecule has 9 heterocycles. The van der Waals surface area contributed by atoms with E-state index in [2.05, 4.69) is 97.9 Å². The van der Waals surface area contributed by atoms with E-state index in [0.29, 0.717) is 79.6 Å². The first-order valence-corrected chi connectivity index (χ1v) is 37.8. The molecule has 2 aromatic carbocycles. The van der Waals surface area contributed by atoms with Crippen LogP contribution in [-0.4, -0.2) is 268 Å². The molecule has 11 rings (SSSR count). The molecule has 6 aliphatic heterocycles. The van der Waals surface area contributed by atoms with Crippen molar-refractivity contribution in [3.8, 4) is 0 Å². The third-order valence-electron chi connectivity index (χ3n) is 15.0. The molecule has 5 atom stereocenters. The number of guanidine groups is 3. The monoisotopic (exact) mass is 1800 g/mol. The molecule has 5 amide bonds. The summed E-state index contributed by atoms with van der Waals surface area (Å²) in [4.78, 5) is 179. The number of carbonyl (C=O) groups excluding carboxylic acids is 10. The van der Waals surface area contributed by atoms with Crippen LogP contribution in [0.5, 0.6) is 0 Å². The number of carbonyl (C=O) groups is 14. The first-order valence-electron chi connectivity index (χ1n) is 37.8. The second-order valence-corrected chi connectivity index (χ2v) is 28.3. The van der Waals surface area contributed by atoms with Crippen molar-refractivity contribution in [1.82, 2.24) is 57.5 Å². The Morgan fingerprint density at radius 1 is 0.528 bits per heavy atom. The minimum Gasteiger partial charge on any atom is -0.480 e. The number of halogens is 3. The first kappa shape index (κ1) is 109. The van der Waals surface area contributed by atoms with Crippen molar-refractivity contribution in [1.29, 1.82) is 0 Å². The van der Waals surface area contributed by atoms with Crippen LogP contribution in [0.25, 0.3) is 0 Å². The second-order valence-electron chi connectivity index (χ2n) is 28.3. The number of carboxylic acid groups (broad SMARTS) is 4. The number of aromatic nitrogens is 3. The number of ether oxygens (including phenoxy) is 7. The van der Waals surface area contributed by atoms with Gasteiger partial charge in [-0.15, -0.1) is 0 Å². The Morgan fingerprint density at radius 2 is 0.906 bits per heavy atom. The Labute approximate surface area is 726 Å². The molecule has 3 fully saturated rings. The number of aliphatic hydroxyl groups excluding tert-OH is 1. The number of anilines is 3. The summed E-state index contributed by atoms with van der Waals surface area (Å²) >= 11 is 0. The Hall–Kier alpha value is -14.5. The van der Waals surface area contributed by atoms with E-state index < -0.39 is 102 Å². The molecule has 127 heavy (non-hydrogen) atoms. The lowest BCUT2D eigenvalue weighted by atomic mass is 10.2. The normalized spacial score (nSPS) is 15.7. The van der Waals surface area contributed by atoms with E-state index >= 15 is 0 Å². The lowest BCUT2D eigenvalue weighted by molar-refractivity contribution is -0.192. The molecular weight excluding hydrogens is 1690 g/mol. The number of cyclic esters (lactones) is 3. The highest BCUT2D eigenvalue weighted by Gasteiger charge is 2.38. The molecular formula is C79H108F3N19O26. The zero-order valence-electron chi connectivity index (χ0n) is 68.6. The van der Waals surface area contributed by atoms with Crippen LogP contribution in [0.4, 0.5) is 39.8 Å². The molecule has 696 valence electrons. The molecule has 3 saturated heterocycles. The van der Waals surface area contributed by atoms with Gasteiger partial charge in [0.15, 0.2) is 17.9 Å². The van der Waals surface area contributed by atoms with Crippen LogP contribution < -0.4 is 70.0 Å². The van der Waals surface area contributed by atoms with Crippen LogP contribution in [0, 0.1) is 0 Å². The fraction of sp³-hybridized carbons (Fsp3) is 0.443. The number of benzene rings is 2. The zero-order chi connectivity index (χ0) is 92.7. The number of rotatable bonds is 23. The summed E-state index contributed by atoms with van der Waals surface area (Å²) in [5.41, 5.74) is 13.4. The van der Waals surface area contributed by atoms with Gasteiger partial charge in [0.05, 0.1) is 129 Å². The molecule has 48 heteroatoms. The van der Waals surface area contributed by atoms with Gasteiger partial charge in [0.1, 0.15) is 56.8 Å². The van der Waals surface area contributed by atoms with Gasteiger partial charge in [-0.1, -0.05) is 75.5 Å². The maximum Gasteiger partial charge on any atom is 0.490 e. The predicted octanol–water partition coefficient (Wildman–Crippen LogP) is 2.56. The van der Waals surface area contributed by atoms with Crippen molar-refractivity contribution in [2.45, 2.75) is 149 Å². The number of hydrogen-bond acceptors (Lipinski definition) is 36. The van der Waals surface area contributed by atoms with Crippen LogP contribution in [0.1, 0.15) is 131 Å². The summed E-state index contributed by atoms with van der Waals surface area (Å²) in [6.07, 6.45) is 2.41. The number of aliphatic hydroxyl groups is 1. The number of nitrogens with zero attached hydrogens (tertiary/aromatic N) is 6. The average Bonchev–Trinajstić information content (AvgIpc) is 1.78. The number of hydrogen-bond donors (Lipinski definition) is 18. The van der Waals surface area contributed by atoms with Crippen molar-refractivity contribution >= 4 is 119 Å². The van der Waals surface area contributed by atoms with Gasteiger partial charge in [-0.25, -0.2) is 24.0 Å². The summed E-state index contributed by atoms with van der Waals surface area (Å²) in [5, 5.41) is 72.7. The molecule has 5 aromatic rings. The van der Waals surface area contributed by atoms with E-state index in [1.54, 1.807) is 96.5 Å². The Balaban J connectivity index is 0.000000508. The minimum atomic E-state index is -5.08. The third-order valence-corrected chi connectivity index (χ3v) is 15.0. The standard InChI is InChI=1S/C16H21NO6.C16H23NO5.C15H18N6O4.C11H13N5O3.C9H10N4O2.2C4H7NO2.C2HF3O2.2CH4/c1-16(2,3)23-15(21)17-12(14(19)20)9-13(18)22-10-11-7-5-4-6-8-11;1-16(2,3)22-15(20)17-13(10-18)9-14(19)21-11-12-7-5-4-6-8-12;22-12(20-11-4-13(23)25-8-11)7-19-14(24)9-3-10(6-16-5-9)21-15-17-1-2-18-15;17-9(18)6-15-10(19)7-3-8(5-12-4-7)16-11-13-1-2-14-11;14-8(15)6-3-7(5-10-4-6)13-9-11-1-2-12-9;2*5-3-1-4(6)7-2-3;3-2(4,5)1(6)7;;/h4-8,12H,9-10H2,1-3H3,(H,17,21)(H,19,20);4-8,13,18H,9-11H2,1-3H3,(H,17,20);3,5-6,11H,1-2,4,7-8H2,(H,19,24)(H,20,22)(H2,17,18,21);3-5H,1-2,6H2,(H,15,19)(H,17,18)(H2,13,14,16);3-5H,1-2H2,(H,14,15)(H2,11,12,13);2*3H,1-2,5H2;(H,6,7);2*1H4/t12-;13-;11-;;;2*3-;;;/m000..00.../s1. The zero-order valence-corrected chi connectivity index (χ0v) is 68.6. The number of pyridine rings is 3. The summed E-state index contributed by atoms with van der Waals surface area (Å²) in [6.45, 7) is 14.8. The molecule has 0 spiro atoms. The SMILES string of the molecule is C.C.CC(C)(C)OC(=O)N[C@@H](CC(=O)OCc1ccccc1)C(=O)O.CC(C)(C)OC(=O)N[C@H](CO)CC(=O)OCc1ccccc1.N[C@@H]1COC(=O)C1.N[C@@H]1COC(=O)C1.O=C(CNC(=O)c1cncc(NC2=NCCN2)c1)N[C@@H]1COC(=O)C1.O=C(O)C(F)(F)F.O=C(O)CNC(=O)c1cncc(NC2=NCCN2)c1.O=C(O)c1cncc(NC2=NCCN2)c1. The van der Waals surface area contributed by atoms with Gasteiger partial charge in [-0.2, -0.15) is 13.2 Å². The number of alkyl halides is 3. The molecule has 0 aliphatic carbocycles. The molecule has 45 nitrogen and oxygen atoms in total. The van der Waals surface area contributed by atoms with E-state index in [1.165, 1.54) is 24.7 Å². The Bertz CT molecular complexity index is 4520. The number of carboxylic acids is 4. The van der Waals surface area contributed by atoms with Crippen LogP contribution in [-0.2, 0) is 89.5 Å². The van der Waals surface area contributed by atoms with Crippen LogP contribution in [0.15, 0.2) is 131 Å². The van der Waals surface area contributed by atoms with Gasteiger partial charge < -0.3 is 129 Å². The van der Waals surface area contributed by atoms with Crippen molar-refractivity contribution in [2.24, 2.45) is 26.4 Å². The molecule has 6 aliphatic rings. The highest BCUT2D eigenvalue weighted by Crippen LogP contribution is 2.17. The highest BCUT2D eigenvalue weighted by atomic mass is 19.4. The first-order chi connectivity index (χ1) is 59.0. The number of aliphatic carboxylic acids is 3. The fourth-order valence-corrected chi connectivity index (χ4v) is 9.46. The molecule has 0 saturated carbocycles. The van der Waals surface area contributed by atoms with Crippen LogP contribution >= 0.6 is 0 Å². The summed E-state index contributed by atoms with van der Waals surface area (Å²) < 4.78 is 65.6. The largest absolute Gasteiger partial charge is 0.490 e. The van der Waals surface area contributed by atoms with Gasteiger partial charge in [-0.3, -0.25) is 73.1 Å². The number of aromatic carboxylic acids is 1. The summed E-state index contributed by atoms with van der Waals surface area (Å²) in [5.74, 6) is -7.49. The molecule has 0 unspecified atom stereocenters. The van der Waals surface area contributed by atoms with Gasteiger partial charge >= 0.3 is 72.1 Å². The summed E-state index contributed by atoms with van der Waals surface area (Å²) in [7, 11) is 0. The van der Waals surface area contributed by atoms with E-state index in [9.17, 15) is 80.6 Å². The number of nitrogens with one attached hydrogen (secondary N) is 11. The number of nitrogens with two attached hydrogens (primary N) is 2. The van der Waals surface area contributed by atoms with E-state index in [1.807, 2.05) is 36.4 Å². The van der Waals surface area contributed by atoms with Crippen molar-refractivity contribution in [3.05, 3.63) is 144 Å². The smallest absolute Gasteiger partial charge is 0.480 e. The lowest BCUT2D eigenvalue weighted by Crippen LogP contribution is -2.44. The molecule has 0 bridgehead atoms. The molecule has 0 radical (unpaired) electrons. The topological polar surface area (TPSA) is 665 Å². The van der Waals surface area contributed by atoms with Gasteiger partial charge in [0.2, 0.25) is 5.91 Å². The number of alkyl carbamates (subject to hydrolysis) is 2. The average molecular weight is 1800 g/mol. The number of esters is 5. The van der Waals surface area contributed by atoms with Gasteiger partial charge in [0.25, 0.3) is 11.8 Å². The maximum absolute atomic E-state index is 12.1. The highest BCUT2D eigenvalue weighted by molar-refractivity contribution is 6.01. The lowest BCUT2D eigenvalue weighted by Gasteiger charge is -2.22. The maximum atomic E-state index is 12.1. The van der Waals surface area contributed by atoms with E-state index in [0.717, 1.165) is 37.3 Å². The van der Waals surface area contributed by atoms with Crippen LogP contribution in [0.2, 0.25) is 0 Å².